The number of nitrogens with zero attached hydrogens (tertiary/aromatic N) is 6. The summed E-state index contributed by atoms with van der Waals surface area (Å²) in [6.07, 6.45) is 10.1. The van der Waals surface area contributed by atoms with Gasteiger partial charge in [0.25, 0.3) is 5.91 Å². The van der Waals surface area contributed by atoms with Gasteiger partial charge in [0, 0.05) is 43.3 Å². The van der Waals surface area contributed by atoms with Crippen molar-refractivity contribution < 1.29 is 4.79 Å². The summed E-state index contributed by atoms with van der Waals surface area (Å²) in [5, 5.41) is 5.75. The van der Waals surface area contributed by atoms with Crippen molar-refractivity contribution in [3.05, 3.63) is 59.5 Å². The predicted molar refractivity (Wildman–Crippen MR) is 125 cm³/mol. The van der Waals surface area contributed by atoms with Crippen LogP contribution in [0.4, 0.5) is 0 Å². The van der Waals surface area contributed by atoms with E-state index < -0.39 is 0 Å². The molecule has 1 saturated heterocycles. The van der Waals surface area contributed by atoms with Gasteiger partial charge in [0.1, 0.15) is 0 Å². The molecule has 7 nitrogen and oxygen atoms in total. The minimum absolute atomic E-state index is 0.0314. The fourth-order valence-corrected chi connectivity index (χ4v) is 6.05. The molecule has 3 unspecified atom stereocenters. The van der Waals surface area contributed by atoms with Crippen molar-refractivity contribution in [3.63, 3.8) is 0 Å². The second-order valence-corrected chi connectivity index (χ2v) is 9.98. The smallest absolute Gasteiger partial charge is 0.252 e. The van der Waals surface area contributed by atoms with Crippen LogP contribution in [0.3, 0.4) is 0 Å². The van der Waals surface area contributed by atoms with E-state index in [2.05, 4.69) is 40.8 Å². The van der Waals surface area contributed by atoms with Gasteiger partial charge < -0.3 is 9.80 Å². The Morgan fingerprint density at radius 1 is 1.26 bits per heavy atom. The van der Waals surface area contributed by atoms with Gasteiger partial charge in [-0.05, 0) is 39.5 Å². The molecule has 31 heavy (non-hydrogen) atoms. The second kappa shape index (κ2) is 7.88. The molecule has 5 heterocycles. The third-order valence-corrected chi connectivity index (χ3v) is 7.90. The first-order valence-electron chi connectivity index (χ1n) is 11.0. The third-order valence-electron chi connectivity index (χ3n) is 6.42. The van der Waals surface area contributed by atoms with Crippen LogP contribution in [0.15, 0.2) is 42.4 Å². The fourth-order valence-electron chi connectivity index (χ4n) is 4.72. The number of aromatic nitrogens is 3. The van der Waals surface area contributed by atoms with E-state index in [0.717, 1.165) is 59.8 Å². The lowest BCUT2D eigenvalue weighted by Gasteiger charge is -2.43. The summed E-state index contributed by atoms with van der Waals surface area (Å²) < 4.78 is 1.88. The van der Waals surface area contributed by atoms with Crippen molar-refractivity contribution in [2.75, 3.05) is 26.2 Å². The van der Waals surface area contributed by atoms with Gasteiger partial charge in [-0.2, -0.15) is 5.10 Å². The molecule has 5 rings (SSSR count). The van der Waals surface area contributed by atoms with Crippen LogP contribution < -0.4 is 0 Å². The number of rotatable bonds is 3. The number of carbonyl (C=O) groups excluding carboxylic acids is 1. The van der Waals surface area contributed by atoms with Gasteiger partial charge in [0.05, 0.1) is 40.3 Å². The van der Waals surface area contributed by atoms with Crippen LogP contribution in [0.2, 0.25) is 0 Å². The Bertz CT molecular complexity index is 1130. The molecule has 8 heteroatoms. The molecule has 0 saturated carbocycles. The van der Waals surface area contributed by atoms with Crippen molar-refractivity contribution in [2.45, 2.75) is 39.5 Å². The first-order chi connectivity index (χ1) is 14.9. The van der Waals surface area contributed by atoms with Crippen LogP contribution in [-0.2, 0) is 4.79 Å². The van der Waals surface area contributed by atoms with Crippen molar-refractivity contribution in [2.24, 2.45) is 0 Å². The second-order valence-electron chi connectivity index (χ2n) is 8.56. The SMILES string of the molecule is CCN1CCN(C2=CN3C(=O)C=C(c4cc5c(C)nc(C)cn5n4)PC3C=C2)CC1C. The maximum atomic E-state index is 13.0. The summed E-state index contributed by atoms with van der Waals surface area (Å²) in [5.41, 5.74) is 4.88. The number of likely N-dealkylation sites (N-methyl/N-ethyl adjacent to an activating group) is 1. The minimum Gasteiger partial charge on any atom is -0.368 e. The van der Waals surface area contributed by atoms with Gasteiger partial charge in [-0.25, -0.2) is 4.52 Å². The van der Waals surface area contributed by atoms with Crippen LogP contribution in [-0.4, -0.2) is 73.2 Å². The number of piperazine rings is 1. The molecule has 1 fully saturated rings. The topological polar surface area (TPSA) is 57.0 Å². The molecule has 2 aromatic heterocycles. The molecular formula is C23H29N6OP. The Morgan fingerprint density at radius 3 is 2.87 bits per heavy atom. The molecule has 2 aromatic rings. The highest BCUT2D eigenvalue weighted by molar-refractivity contribution is 7.51. The summed E-state index contributed by atoms with van der Waals surface area (Å²) in [5.74, 6) is 0.0975. The summed E-state index contributed by atoms with van der Waals surface area (Å²) in [7, 11) is 0.466. The van der Waals surface area contributed by atoms with E-state index in [9.17, 15) is 4.79 Å². The lowest BCUT2D eigenvalue weighted by Crippen LogP contribution is -2.51. The van der Waals surface area contributed by atoms with Gasteiger partial charge in [-0.1, -0.05) is 21.6 Å². The first-order valence-corrected chi connectivity index (χ1v) is 12.0. The van der Waals surface area contributed by atoms with Gasteiger partial charge in [0.2, 0.25) is 0 Å². The molecular weight excluding hydrogens is 407 g/mol. The standard InChI is InChI=1S/C23H29N6OP/c1-5-26-8-9-27(13-16(26)3)18-6-7-23-28(14-18)22(30)11-21(31-23)19-10-20-17(4)24-15(2)12-29(20)25-19/h6-7,10-12,14,16,23,31H,5,8-9,13H2,1-4H3. The molecule has 1 amide bonds. The quantitative estimate of drug-likeness (QED) is 0.693. The van der Waals surface area contributed by atoms with Gasteiger partial charge in [0.15, 0.2) is 0 Å². The van der Waals surface area contributed by atoms with E-state index in [-0.39, 0.29) is 11.7 Å². The summed E-state index contributed by atoms with van der Waals surface area (Å²) in [4.78, 5) is 24.4. The molecule has 3 aliphatic rings. The maximum Gasteiger partial charge on any atom is 0.252 e. The monoisotopic (exact) mass is 436 g/mol. The van der Waals surface area contributed by atoms with Crippen molar-refractivity contribution >= 4 is 25.3 Å². The average molecular weight is 437 g/mol. The molecule has 0 radical (unpaired) electrons. The normalized spacial score (nSPS) is 25.2. The molecule has 0 spiro atoms. The highest BCUT2D eigenvalue weighted by Crippen LogP contribution is 2.44. The highest BCUT2D eigenvalue weighted by atomic mass is 31.1. The van der Waals surface area contributed by atoms with Crippen LogP contribution in [0, 0.1) is 13.8 Å². The fraction of sp³-hybridized carbons (Fsp3) is 0.435. The minimum atomic E-state index is 0.0314. The molecule has 0 aromatic carbocycles. The molecule has 3 aliphatic heterocycles. The zero-order valence-corrected chi connectivity index (χ0v) is 19.5. The number of hydrogen-bond acceptors (Lipinski definition) is 5. The first kappa shape index (κ1) is 20.4. The van der Waals surface area contributed by atoms with Crippen LogP contribution >= 0.6 is 8.58 Å². The highest BCUT2D eigenvalue weighted by Gasteiger charge is 2.31. The Labute approximate surface area is 184 Å². The number of hydrogen-bond donors (Lipinski definition) is 0. The Hall–Kier alpha value is -2.50. The van der Waals surface area contributed by atoms with E-state index in [1.165, 1.54) is 0 Å². The lowest BCUT2D eigenvalue weighted by atomic mass is 10.1. The largest absolute Gasteiger partial charge is 0.368 e. The van der Waals surface area contributed by atoms with E-state index in [4.69, 9.17) is 5.10 Å². The molecule has 3 atom stereocenters. The number of allylic oxidation sites excluding steroid dienone is 1. The van der Waals surface area contributed by atoms with E-state index >= 15 is 0 Å². The third kappa shape index (κ3) is 3.70. The van der Waals surface area contributed by atoms with Gasteiger partial charge >= 0.3 is 0 Å². The summed E-state index contributed by atoms with van der Waals surface area (Å²) in [6, 6.07) is 2.57. The number of carbonyl (C=O) groups is 1. The Balaban J connectivity index is 1.38. The van der Waals surface area contributed by atoms with Crippen molar-refractivity contribution in [1.82, 2.24) is 29.3 Å². The van der Waals surface area contributed by atoms with Crippen LogP contribution in [0.1, 0.15) is 30.9 Å². The van der Waals surface area contributed by atoms with Gasteiger partial charge in [-0.3, -0.25) is 14.7 Å². The predicted octanol–water partition coefficient (Wildman–Crippen LogP) is 2.97. The number of aryl methyl sites for hydroxylation is 2. The van der Waals surface area contributed by atoms with Crippen molar-refractivity contribution in [1.29, 1.82) is 0 Å². The zero-order chi connectivity index (χ0) is 21.7. The lowest BCUT2D eigenvalue weighted by molar-refractivity contribution is -0.123. The molecule has 0 aliphatic carbocycles. The van der Waals surface area contributed by atoms with E-state index in [1.807, 2.05) is 41.7 Å². The Kier molecular flexibility index (Phi) is 5.19. The average Bonchev–Trinajstić information content (AvgIpc) is 3.18. The van der Waals surface area contributed by atoms with Crippen LogP contribution in [0.25, 0.3) is 10.8 Å². The van der Waals surface area contributed by atoms with Gasteiger partial charge in [-0.15, -0.1) is 0 Å². The summed E-state index contributed by atoms with van der Waals surface area (Å²) >= 11 is 0. The van der Waals surface area contributed by atoms with Crippen LogP contribution in [0.5, 0.6) is 0 Å². The molecule has 162 valence electrons. The molecule has 0 N–H and O–H groups in total. The summed E-state index contributed by atoms with van der Waals surface area (Å²) in [6.45, 7) is 12.6. The van der Waals surface area contributed by atoms with E-state index in [1.54, 1.807) is 6.08 Å². The maximum absolute atomic E-state index is 13.0. The number of amides is 1. The van der Waals surface area contributed by atoms with Crippen molar-refractivity contribution in [3.8, 4) is 0 Å². The number of fused-ring (bicyclic) bond motifs is 2. The van der Waals surface area contributed by atoms with E-state index in [0.29, 0.717) is 14.6 Å². The Morgan fingerprint density at radius 2 is 2.10 bits per heavy atom. The molecule has 0 bridgehead atoms. The zero-order valence-electron chi connectivity index (χ0n) is 18.5.